The van der Waals surface area contributed by atoms with Gasteiger partial charge in [-0.1, -0.05) is 13.7 Å². The number of nitrogens with two attached hydrogens (primary N) is 1. The molecule has 0 unspecified atom stereocenters. The van der Waals surface area contributed by atoms with E-state index < -0.39 is 56.4 Å². The summed E-state index contributed by atoms with van der Waals surface area (Å²) in [4.78, 5) is 11.7. The summed E-state index contributed by atoms with van der Waals surface area (Å²) < 4.78 is 127. The van der Waals surface area contributed by atoms with Crippen molar-refractivity contribution in [2.24, 2.45) is 17.5 Å². The fourth-order valence-corrected chi connectivity index (χ4v) is 0.314. The topological polar surface area (TPSA) is 63.3 Å². The van der Waals surface area contributed by atoms with Gasteiger partial charge in [0.2, 0.25) is 0 Å². The van der Waals surface area contributed by atoms with E-state index in [0.29, 0.717) is 0 Å². The molecule has 3 N–H and O–H groups in total. The van der Waals surface area contributed by atoms with E-state index in [1.807, 2.05) is 0 Å². The van der Waals surface area contributed by atoms with Crippen molar-refractivity contribution < 1.29 is 31.9 Å². The number of hydrogen-bond acceptors (Lipinski definition) is 3. The molecule has 1 atom stereocenters. The van der Waals surface area contributed by atoms with Crippen molar-refractivity contribution in [3.05, 3.63) is 0 Å². The average molecular weight is 176 g/mol. The van der Waals surface area contributed by atoms with Crippen molar-refractivity contribution in [2.45, 2.75) is 26.4 Å². The maximum absolute atomic E-state index is 11.7. The Hall–Kier alpha value is -0.570. The smallest absolute Gasteiger partial charge is 0.303 e. The lowest BCUT2D eigenvalue weighted by atomic mass is 9.94. The Morgan fingerprint density at radius 3 is 3.45 bits per heavy atom. The second-order valence-corrected chi connectivity index (χ2v) is 1.40. The van der Waals surface area contributed by atoms with Gasteiger partial charge in [-0.25, -0.2) is 0 Å². The van der Waals surface area contributed by atoms with E-state index in [2.05, 4.69) is 5.11 Å². The Bertz CT molecular complexity index is 579. The van der Waals surface area contributed by atoms with Crippen LogP contribution in [0.2, 0.25) is 2.82 Å². The molecule has 0 bridgehead atoms. The second-order valence-electron chi connectivity index (χ2n) is 1.40. The van der Waals surface area contributed by atoms with Gasteiger partial charge >= 0.3 is 5.97 Å². The van der Waals surface area contributed by atoms with Crippen LogP contribution < -0.4 is 5.72 Å². The van der Waals surface area contributed by atoms with Gasteiger partial charge in [0.25, 0.3) is 1.43 Å². The van der Waals surface area contributed by atoms with Gasteiger partial charge in [0, 0.05) is 25.6 Å². The standard InChI is InChI=1S/C8H17NO2/c1-6(2)3-7(5-9)4-8(10)11/h6-7H,3-5,9H2,1-2H3,(H,10,11)/t7-/m0/s1/i1D3,2D3,3D2,4D2,5D2,6D,7D/hD3. The van der Waals surface area contributed by atoms with Crippen molar-refractivity contribution in [3.8, 4) is 0 Å². The number of aliphatic carboxylic acids is 1. The molecule has 0 radical (unpaired) electrons. The normalized spacial score (nSPS) is 46.1. The lowest BCUT2D eigenvalue weighted by Crippen LogP contribution is -2.19. The number of carboxylic acid groups (broad SMARTS) is 1. The summed E-state index contributed by atoms with van der Waals surface area (Å²) in [6.07, 6.45) is -8.93. The predicted octanol–water partition coefficient (Wildman–Crippen LogP) is 1.08. The Balaban J connectivity index is 7.51. The molecule has 0 rings (SSSR count). The highest BCUT2D eigenvalue weighted by molar-refractivity contribution is 5.67. The molecule has 3 heteroatoms. The first-order valence-corrected chi connectivity index (χ1v) is 2.38. The fraction of sp³-hybridized carbons (Fsp3) is 0.875. The molecule has 0 aliphatic carbocycles. The maximum atomic E-state index is 11.7. The average Bonchev–Trinajstić information content (AvgIpc) is 2.48. The molecule has 11 heavy (non-hydrogen) atoms. The van der Waals surface area contributed by atoms with Gasteiger partial charge in [0.05, 0.1) is 0 Å². The van der Waals surface area contributed by atoms with E-state index in [9.17, 15) is 4.79 Å². The summed E-state index contributed by atoms with van der Waals surface area (Å²) >= 11 is 0. The molecule has 0 saturated heterocycles. The van der Waals surface area contributed by atoms with Gasteiger partial charge < -0.3 is 10.8 Å². The van der Waals surface area contributed by atoms with Gasteiger partial charge in [-0.2, -0.15) is 0 Å². The maximum Gasteiger partial charge on any atom is 0.303 e. The molecule has 66 valence electrons. The van der Waals surface area contributed by atoms with Crippen molar-refractivity contribution >= 4 is 5.97 Å². The summed E-state index contributed by atoms with van der Waals surface area (Å²) in [5, 5.41) is 3.31. The summed E-state index contributed by atoms with van der Waals surface area (Å²) in [6, 6.07) is 0. The van der Waals surface area contributed by atoms with Crippen LogP contribution in [0.5, 0.6) is 0 Å². The Morgan fingerprint density at radius 1 is 2.09 bits per heavy atom. The van der Waals surface area contributed by atoms with E-state index in [1.54, 1.807) is 0 Å². The first-order chi connectivity index (χ1) is 11.9. The van der Waals surface area contributed by atoms with E-state index in [4.69, 9.17) is 23.4 Å². The van der Waals surface area contributed by atoms with Crippen LogP contribution in [0.25, 0.3) is 1.43 Å². The summed E-state index contributed by atoms with van der Waals surface area (Å²) in [5.41, 5.74) is -1.08. The lowest BCUT2D eigenvalue weighted by molar-refractivity contribution is -0.138. The van der Waals surface area contributed by atoms with Crippen LogP contribution >= 0.6 is 0 Å². The Kier molecular flexibility index (Phi) is 0.619. The molecule has 0 spiro atoms. The zero-order chi connectivity index (χ0) is 23.4. The molecule has 0 heterocycles. The summed E-state index contributed by atoms with van der Waals surface area (Å²) in [6.45, 7) is -12.5. The minimum Gasteiger partial charge on any atom is -0.481 e. The second kappa shape index (κ2) is 5.13. The quantitative estimate of drug-likeness (QED) is 0.636. The van der Waals surface area contributed by atoms with Crippen LogP contribution in [0.4, 0.5) is 0 Å². The van der Waals surface area contributed by atoms with E-state index in [1.165, 1.54) is 0 Å². The highest BCUT2D eigenvalue weighted by Gasteiger charge is 2.12. The highest BCUT2D eigenvalue weighted by Crippen LogP contribution is 2.13. The highest BCUT2D eigenvalue weighted by atomic mass is 16.4. The monoisotopic (exact) mass is 176 g/mol. The fourth-order valence-electron chi connectivity index (χ4n) is 0.314. The third-order valence-electron chi connectivity index (χ3n) is 0.589. The SMILES string of the molecule is [2H]OC(=O)C([2H])([2H])[C@@]([2H])(C([2H])([2H])N([2H])[2H])C([2H])([2H])C([2H])(C([2H])([2H])[2H])C([2H])([2H])[2H]. The molecule has 0 aromatic heterocycles. The van der Waals surface area contributed by atoms with E-state index >= 15 is 0 Å². The summed E-state index contributed by atoms with van der Waals surface area (Å²) in [5.74, 6) is -11.4. The predicted molar refractivity (Wildman–Crippen MR) is 44.3 cm³/mol. The van der Waals surface area contributed by atoms with Crippen molar-refractivity contribution in [1.29, 1.82) is 1.43 Å². The number of carbonyl (C=O) groups is 1. The minimum atomic E-state index is -4.60. The van der Waals surface area contributed by atoms with E-state index in [-0.39, 0.29) is 0 Å². The van der Waals surface area contributed by atoms with Crippen LogP contribution in [-0.2, 0) is 4.79 Å². The Morgan fingerprint density at radius 2 is 2.91 bits per heavy atom. The van der Waals surface area contributed by atoms with Crippen molar-refractivity contribution in [1.82, 2.24) is 0 Å². The molecule has 0 aliphatic rings. The van der Waals surface area contributed by atoms with Crippen LogP contribution in [0.15, 0.2) is 0 Å². The molecule has 0 aliphatic heterocycles. The molecular weight excluding hydrogens is 142 g/mol. The number of carboxylic acids is 1. The molecular formula is C8H17NO2. The largest absolute Gasteiger partial charge is 0.481 e. The molecule has 0 aromatic rings. The number of rotatable bonds is 6. The zero-order valence-electron chi connectivity index (χ0n) is 22.3. The van der Waals surface area contributed by atoms with Crippen LogP contribution in [-0.4, -0.2) is 17.6 Å². The molecule has 0 aromatic carbocycles. The zero-order valence-corrected chi connectivity index (χ0v) is 5.26. The summed E-state index contributed by atoms with van der Waals surface area (Å²) in [7, 11) is 0. The van der Waals surface area contributed by atoms with Gasteiger partial charge in [0.1, 0.15) is 2.82 Å². The van der Waals surface area contributed by atoms with Gasteiger partial charge in [-0.15, -0.1) is 0 Å². The third kappa shape index (κ3) is 5.85. The van der Waals surface area contributed by atoms with Crippen molar-refractivity contribution in [3.63, 3.8) is 0 Å². The first-order valence-electron chi connectivity index (χ1n) is 10.7. The third-order valence-corrected chi connectivity index (χ3v) is 0.589. The molecule has 0 saturated carbocycles. The van der Waals surface area contributed by atoms with Gasteiger partial charge in [-0.05, 0) is 24.7 Å². The lowest BCUT2D eigenvalue weighted by Gasteiger charge is -2.13. The van der Waals surface area contributed by atoms with Crippen LogP contribution in [0, 0.1) is 11.8 Å². The van der Waals surface area contributed by atoms with Crippen molar-refractivity contribution in [2.75, 3.05) is 6.50 Å². The van der Waals surface area contributed by atoms with Crippen LogP contribution in [0.3, 0.4) is 0 Å². The molecule has 0 fully saturated rings. The minimum absolute atomic E-state index is 1.08. The molecule has 0 amide bonds. The first kappa shape index (κ1) is 1.33. The Labute approximate surface area is 91.7 Å². The van der Waals surface area contributed by atoms with Crippen LogP contribution in [0.1, 0.15) is 45.6 Å². The van der Waals surface area contributed by atoms with Gasteiger partial charge in [0.15, 0.2) is 0 Å². The number of hydrogen-bond donors (Lipinski definition) is 2. The van der Waals surface area contributed by atoms with E-state index in [0.717, 1.165) is 0 Å². The van der Waals surface area contributed by atoms with Gasteiger partial charge in [-0.3, -0.25) is 4.79 Å². The molecule has 3 nitrogen and oxygen atoms in total.